The van der Waals surface area contributed by atoms with E-state index in [1.54, 1.807) is 29.2 Å². The smallest absolute Gasteiger partial charge is 0.213 e. The van der Waals surface area contributed by atoms with E-state index < -0.39 is 0 Å². The lowest BCUT2D eigenvalue weighted by molar-refractivity contribution is 0.781. The second-order valence-electron chi connectivity index (χ2n) is 2.98. The Labute approximate surface area is 91.8 Å². The lowest BCUT2D eigenvalue weighted by Gasteiger charge is -2.03. The van der Waals surface area contributed by atoms with Crippen LogP contribution in [0.15, 0.2) is 30.7 Å². The van der Waals surface area contributed by atoms with E-state index in [2.05, 4.69) is 9.97 Å². The van der Waals surface area contributed by atoms with Gasteiger partial charge in [-0.2, -0.15) is 5.26 Å². The van der Waals surface area contributed by atoms with Gasteiger partial charge >= 0.3 is 0 Å². The molecule has 2 aromatic rings. The van der Waals surface area contributed by atoms with Crippen LogP contribution in [-0.2, 0) is 6.54 Å². The van der Waals surface area contributed by atoms with E-state index >= 15 is 0 Å². The summed E-state index contributed by atoms with van der Waals surface area (Å²) in [5, 5.41) is 9.22. The van der Waals surface area contributed by atoms with Crippen LogP contribution in [-0.4, -0.2) is 14.5 Å². The average molecular weight is 219 g/mol. The third kappa shape index (κ3) is 2.14. The van der Waals surface area contributed by atoms with Gasteiger partial charge in [0.15, 0.2) is 0 Å². The van der Waals surface area contributed by atoms with Gasteiger partial charge in [0.2, 0.25) is 5.82 Å². The lowest BCUT2D eigenvalue weighted by Crippen LogP contribution is -2.01. The predicted molar refractivity (Wildman–Crippen MR) is 55.3 cm³/mol. The maximum absolute atomic E-state index is 8.77. The van der Waals surface area contributed by atoms with E-state index in [0.29, 0.717) is 17.5 Å². The first-order valence-corrected chi connectivity index (χ1v) is 4.69. The Bertz CT molecular complexity index is 512. The molecule has 15 heavy (non-hydrogen) atoms. The van der Waals surface area contributed by atoms with Crippen LogP contribution in [0.25, 0.3) is 0 Å². The fraction of sp³-hybridized carbons (Fsp3) is 0.100. The first-order chi connectivity index (χ1) is 7.29. The highest BCUT2D eigenvalue weighted by Gasteiger charge is 2.02. The molecule has 0 spiro atoms. The molecule has 0 aliphatic heterocycles. The van der Waals surface area contributed by atoms with Gasteiger partial charge in [-0.05, 0) is 17.7 Å². The number of aromatic nitrogens is 3. The number of halogens is 1. The first kappa shape index (κ1) is 9.69. The zero-order valence-electron chi connectivity index (χ0n) is 7.76. The topological polar surface area (TPSA) is 54.5 Å². The Kier molecular flexibility index (Phi) is 2.66. The Hall–Kier alpha value is -1.86. The number of nitrogens with zero attached hydrogens (tertiary/aromatic N) is 4. The molecule has 2 heterocycles. The standard InChI is InChI=1S/C10H7ClN4/c11-9-5-8(1-2-13-9)7-15-4-3-14-10(15)6-12/h1-5H,7H2. The molecule has 74 valence electrons. The molecule has 0 saturated carbocycles. The second kappa shape index (κ2) is 4.11. The van der Waals surface area contributed by atoms with Crippen LogP contribution >= 0.6 is 11.6 Å². The van der Waals surface area contributed by atoms with E-state index in [0.717, 1.165) is 5.56 Å². The zero-order valence-corrected chi connectivity index (χ0v) is 8.52. The number of nitriles is 1. The number of imidazole rings is 1. The zero-order chi connectivity index (χ0) is 10.7. The van der Waals surface area contributed by atoms with Crippen molar-refractivity contribution in [2.24, 2.45) is 0 Å². The summed E-state index contributed by atoms with van der Waals surface area (Å²) in [6.45, 7) is 0.575. The molecule has 0 aliphatic carbocycles. The van der Waals surface area contributed by atoms with Crippen molar-refractivity contribution in [1.29, 1.82) is 5.26 Å². The Morgan fingerprint density at radius 1 is 1.40 bits per heavy atom. The van der Waals surface area contributed by atoms with Gasteiger partial charge in [0.1, 0.15) is 11.2 Å². The molecule has 0 amide bonds. The van der Waals surface area contributed by atoms with Crippen LogP contribution in [0.4, 0.5) is 0 Å². The average Bonchev–Trinajstić information content (AvgIpc) is 2.65. The molecular formula is C10H7ClN4. The van der Waals surface area contributed by atoms with E-state index in [9.17, 15) is 0 Å². The summed E-state index contributed by atoms with van der Waals surface area (Å²) in [5.74, 6) is 0.392. The van der Waals surface area contributed by atoms with Gasteiger partial charge in [-0.25, -0.2) is 9.97 Å². The number of pyridine rings is 1. The van der Waals surface area contributed by atoms with E-state index in [1.165, 1.54) is 0 Å². The van der Waals surface area contributed by atoms with Crippen LogP contribution in [0.5, 0.6) is 0 Å². The van der Waals surface area contributed by atoms with Gasteiger partial charge in [0, 0.05) is 25.1 Å². The molecule has 0 saturated heterocycles. The fourth-order valence-electron chi connectivity index (χ4n) is 1.29. The van der Waals surface area contributed by atoms with Gasteiger partial charge in [0.05, 0.1) is 0 Å². The molecule has 5 heteroatoms. The highest BCUT2D eigenvalue weighted by atomic mass is 35.5. The van der Waals surface area contributed by atoms with Gasteiger partial charge in [0.25, 0.3) is 0 Å². The minimum atomic E-state index is 0.392. The summed E-state index contributed by atoms with van der Waals surface area (Å²) >= 11 is 5.76. The van der Waals surface area contributed by atoms with Crippen LogP contribution in [0.1, 0.15) is 11.4 Å². The summed E-state index contributed by atoms with van der Waals surface area (Å²) in [5.41, 5.74) is 0.990. The van der Waals surface area contributed by atoms with Crippen molar-refractivity contribution >= 4 is 11.6 Å². The monoisotopic (exact) mass is 218 g/mol. The van der Waals surface area contributed by atoms with Crippen molar-refractivity contribution in [1.82, 2.24) is 14.5 Å². The van der Waals surface area contributed by atoms with E-state index in [4.69, 9.17) is 16.9 Å². The molecule has 0 fully saturated rings. The van der Waals surface area contributed by atoms with Crippen molar-refractivity contribution in [2.75, 3.05) is 0 Å². The Morgan fingerprint density at radius 2 is 2.27 bits per heavy atom. The minimum absolute atomic E-state index is 0.392. The summed E-state index contributed by atoms with van der Waals surface area (Å²) in [6, 6.07) is 5.63. The van der Waals surface area contributed by atoms with Crippen molar-refractivity contribution in [3.63, 3.8) is 0 Å². The quantitative estimate of drug-likeness (QED) is 0.723. The first-order valence-electron chi connectivity index (χ1n) is 4.31. The van der Waals surface area contributed by atoms with Crippen molar-refractivity contribution < 1.29 is 0 Å². The van der Waals surface area contributed by atoms with Crippen LogP contribution in [0, 0.1) is 11.3 Å². The molecule has 0 atom stereocenters. The molecule has 0 aliphatic rings. The summed E-state index contributed by atoms with van der Waals surface area (Å²) in [4.78, 5) is 7.79. The van der Waals surface area contributed by atoms with Crippen LogP contribution in [0.3, 0.4) is 0 Å². The van der Waals surface area contributed by atoms with Crippen LogP contribution < -0.4 is 0 Å². The predicted octanol–water partition coefficient (Wildman–Crippen LogP) is 1.85. The third-order valence-electron chi connectivity index (χ3n) is 1.96. The van der Waals surface area contributed by atoms with E-state index in [1.807, 2.05) is 12.1 Å². The van der Waals surface area contributed by atoms with Gasteiger partial charge < -0.3 is 4.57 Å². The maximum Gasteiger partial charge on any atom is 0.213 e. The fourth-order valence-corrected chi connectivity index (χ4v) is 1.48. The van der Waals surface area contributed by atoms with Gasteiger partial charge in [-0.3, -0.25) is 0 Å². The normalized spacial score (nSPS) is 9.87. The van der Waals surface area contributed by atoms with Crippen molar-refractivity contribution in [2.45, 2.75) is 6.54 Å². The summed E-state index contributed by atoms with van der Waals surface area (Å²) < 4.78 is 1.76. The molecule has 0 unspecified atom stereocenters. The number of hydrogen-bond donors (Lipinski definition) is 0. The Morgan fingerprint density at radius 3 is 3.00 bits per heavy atom. The minimum Gasteiger partial charge on any atom is -0.318 e. The number of rotatable bonds is 2. The Balaban J connectivity index is 2.26. The third-order valence-corrected chi connectivity index (χ3v) is 2.17. The van der Waals surface area contributed by atoms with E-state index in [-0.39, 0.29) is 0 Å². The number of hydrogen-bond acceptors (Lipinski definition) is 3. The van der Waals surface area contributed by atoms with Gasteiger partial charge in [-0.1, -0.05) is 11.6 Å². The molecule has 2 aromatic heterocycles. The molecule has 0 aromatic carbocycles. The molecule has 2 rings (SSSR count). The maximum atomic E-state index is 8.77. The molecular weight excluding hydrogens is 212 g/mol. The van der Waals surface area contributed by atoms with Gasteiger partial charge in [-0.15, -0.1) is 0 Å². The highest BCUT2D eigenvalue weighted by Crippen LogP contribution is 2.09. The molecule has 0 bridgehead atoms. The molecule has 4 nitrogen and oxygen atoms in total. The molecule has 0 radical (unpaired) electrons. The summed E-state index contributed by atoms with van der Waals surface area (Å²) in [6.07, 6.45) is 4.99. The van der Waals surface area contributed by atoms with Crippen molar-refractivity contribution in [3.8, 4) is 6.07 Å². The largest absolute Gasteiger partial charge is 0.318 e. The molecule has 0 N–H and O–H groups in total. The summed E-state index contributed by atoms with van der Waals surface area (Å²) in [7, 11) is 0. The highest BCUT2D eigenvalue weighted by molar-refractivity contribution is 6.29. The second-order valence-corrected chi connectivity index (χ2v) is 3.36. The van der Waals surface area contributed by atoms with Crippen LogP contribution in [0.2, 0.25) is 5.15 Å². The lowest BCUT2D eigenvalue weighted by atomic mass is 10.3. The van der Waals surface area contributed by atoms with Crippen molar-refractivity contribution in [3.05, 3.63) is 47.3 Å². The SMILES string of the molecule is N#Cc1nccn1Cc1ccnc(Cl)c1.